The summed E-state index contributed by atoms with van der Waals surface area (Å²) in [6.07, 6.45) is 0. The molecule has 14 heavy (non-hydrogen) atoms. The zero-order chi connectivity index (χ0) is 10.7. The number of carbonyl (C=O) groups excluding carboxylic acids is 1. The molecule has 1 rings (SSSR count). The number of nitrogens with two attached hydrogens (primary N) is 1. The van der Waals surface area contributed by atoms with Crippen LogP contribution in [0.1, 0.15) is 10.4 Å². The quantitative estimate of drug-likeness (QED) is 0.599. The molecule has 0 saturated carbocycles. The van der Waals surface area contributed by atoms with Crippen molar-refractivity contribution in [3.63, 3.8) is 0 Å². The van der Waals surface area contributed by atoms with Gasteiger partial charge in [-0.2, -0.15) is 4.99 Å². The number of primary amides is 1. The van der Waals surface area contributed by atoms with Gasteiger partial charge < -0.3 is 10.8 Å². The first-order valence-corrected chi connectivity index (χ1v) is 4.25. The van der Waals surface area contributed by atoms with Crippen LogP contribution in [-0.4, -0.2) is 16.2 Å². The van der Waals surface area contributed by atoms with E-state index in [0.717, 1.165) is 0 Å². The number of rotatable bonds is 2. The fraction of sp³-hybridized carbons (Fsp3) is 0. The number of isothiocyanates is 1. The molecule has 4 nitrogen and oxygen atoms in total. The molecule has 1 aromatic carbocycles. The van der Waals surface area contributed by atoms with E-state index in [-0.39, 0.29) is 22.0 Å². The first-order valence-electron chi connectivity index (χ1n) is 3.46. The van der Waals surface area contributed by atoms with Crippen LogP contribution in [0.25, 0.3) is 0 Å². The van der Waals surface area contributed by atoms with Crippen molar-refractivity contribution < 1.29 is 9.90 Å². The first kappa shape index (κ1) is 10.7. The number of aromatic hydroxyl groups is 1. The Labute approximate surface area is 90.0 Å². The van der Waals surface area contributed by atoms with Gasteiger partial charge in [0.25, 0.3) is 5.91 Å². The zero-order valence-corrected chi connectivity index (χ0v) is 8.39. The second kappa shape index (κ2) is 4.19. The van der Waals surface area contributed by atoms with E-state index < -0.39 is 5.91 Å². The maximum atomic E-state index is 10.8. The highest BCUT2D eigenvalue weighted by Gasteiger charge is 2.11. The Hall–Kier alpha value is -1.42. The van der Waals surface area contributed by atoms with E-state index in [1.165, 1.54) is 12.1 Å². The Bertz CT molecular complexity index is 413. The van der Waals surface area contributed by atoms with Crippen molar-refractivity contribution in [3.8, 4) is 5.75 Å². The number of hydrogen-bond donors (Lipinski definition) is 2. The molecule has 1 aromatic rings. The van der Waals surface area contributed by atoms with Crippen LogP contribution < -0.4 is 5.73 Å². The summed E-state index contributed by atoms with van der Waals surface area (Å²) < 4.78 is 0. The van der Waals surface area contributed by atoms with Gasteiger partial charge in [-0.15, -0.1) is 0 Å². The minimum absolute atomic E-state index is 0.0571. The van der Waals surface area contributed by atoms with Crippen molar-refractivity contribution in [2.45, 2.75) is 0 Å². The Morgan fingerprint density at radius 3 is 2.79 bits per heavy atom. The highest BCUT2D eigenvalue weighted by atomic mass is 35.5. The SMILES string of the molecule is NC(=O)c1cc(Cl)c(N=C=S)cc1O. The molecule has 0 atom stereocenters. The van der Waals surface area contributed by atoms with Gasteiger partial charge in [-0.05, 0) is 18.3 Å². The first-order chi connectivity index (χ1) is 6.56. The maximum absolute atomic E-state index is 10.8. The Morgan fingerprint density at radius 2 is 2.29 bits per heavy atom. The number of carbonyl (C=O) groups is 1. The van der Waals surface area contributed by atoms with Crippen LogP contribution in [-0.2, 0) is 0 Å². The fourth-order valence-corrected chi connectivity index (χ4v) is 1.19. The Kier molecular flexibility index (Phi) is 3.19. The molecule has 0 fully saturated rings. The summed E-state index contributed by atoms with van der Waals surface area (Å²) in [6, 6.07) is 2.42. The molecule has 72 valence electrons. The molecule has 0 saturated heterocycles. The van der Waals surface area contributed by atoms with Gasteiger partial charge in [0.15, 0.2) is 0 Å². The van der Waals surface area contributed by atoms with Crippen LogP contribution >= 0.6 is 23.8 Å². The van der Waals surface area contributed by atoms with Gasteiger partial charge in [0.1, 0.15) is 5.75 Å². The van der Waals surface area contributed by atoms with Crippen LogP contribution in [0.15, 0.2) is 17.1 Å². The third kappa shape index (κ3) is 2.09. The van der Waals surface area contributed by atoms with E-state index >= 15 is 0 Å². The highest BCUT2D eigenvalue weighted by Crippen LogP contribution is 2.31. The molecule has 0 heterocycles. The van der Waals surface area contributed by atoms with E-state index in [1.807, 2.05) is 0 Å². The molecule has 0 spiro atoms. The highest BCUT2D eigenvalue weighted by molar-refractivity contribution is 7.78. The van der Waals surface area contributed by atoms with Crippen LogP contribution in [0, 0.1) is 0 Å². The lowest BCUT2D eigenvalue weighted by molar-refractivity contribution is 0.0998. The Balaban J connectivity index is 3.37. The second-order valence-electron chi connectivity index (χ2n) is 2.39. The molecule has 1 amide bonds. The average Bonchev–Trinajstić information content (AvgIpc) is 2.10. The van der Waals surface area contributed by atoms with Crippen molar-refractivity contribution in [1.82, 2.24) is 0 Å². The van der Waals surface area contributed by atoms with Crippen molar-refractivity contribution in [2.75, 3.05) is 0 Å². The number of amides is 1. The fourth-order valence-electron chi connectivity index (χ4n) is 0.883. The lowest BCUT2D eigenvalue weighted by Crippen LogP contribution is -2.10. The zero-order valence-electron chi connectivity index (χ0n) is 6.82. The second-order valence-corrected chi connectivity index (χ2v) is 2.98. The van der Waals surface area contributed by atoms with E-state index in [1.54, 1.807) is 0 Å². The predicted octanol–water partition coefficient (Wildman–Crippen LogP) is 1.88. The topological polar surface area (TPSA) is 75.7 Å². The Morgan fingerprint density at radius 1 is 1.64 bits per heavy atom. The summed E-state index contributed by atoms with van der Waals surface area (Å²) in [5, 5.41) is 11.6. The summed E-state index contributed by atoms with van der Waals surface area (Å²) >= 11 is 10.1. The van der Waals surface area contributed by atoms with Gasteiger partial charge in [0.2, 0.25) is 0 Å². The minimum Gasteiger partial charge on any atom is -0.507 e. The molecule has 0 aliphatic heterocycles. The summed E-state index contributed by atoms with van der Waals surface area (Å²) in [5.41, 5.74) is 5.17. The summed E-state index contributed by atoms with van der Waals surface area (Å²) in [6.45, 7) is 0. The summed E-state index contributed by atoms with van der Waals surface area (Å²) in [7, 11) is 0. The lowest BCUT2D eigenvalue weighted by atomic mass is 10.1. The van der Waals surface area contributed by atoms with Crippen LogP contribution in [0.3, 0.4) is 0 Å². The minimum atomic E-state index is -0.762. The monoisotopic (exact) mass is 228 g/mol. The standard InChI is InChI=1S/C8H5ClN2O2S/c9-5-1-4(8(10)13)7(12)2-6(5)11-3-14/h1-2,12H,(H2,10,13). The maximum Gasteiger partial charge on any atom is 0.252 e. The van der Waals surface area contributed by atoms with Gasteiger partial charge in [0.05, 0.1) is 21.4 Å². The van der Waals surface area contributed by atoms with Crippen molar-refractivity contribution in [2.24, 2.45) is 10.7 Å². The molecule has 0 bridgehead atoms. The molecular weight excluding hydrogens is 224 g/mol. The number of aliphatic imine (C=N–C) groups is 1. The van der Waals surface area contributed by atoms with Gasteiger partial charge in [-0.25, -0.2) is 0 Å². The van der Waals surface area contributed by atoms with E-state index in [4.69, 9.17) is 17.3 Å². The molecule has 6 heteroatoms. The van der Waals surface area contributed by atoms with Crippen molar-refractivity contribution in [1.29, 1.82) is 0 Å². The molecule has 0 aliphatic rings. The van der Waals surface area contributed by atoms with E-state index in [0.29, 0.717) is 0 Å². The van der Waals surface area contributed by atoms with Crippen LogP contribution in [0.5, 0.6) is 5.75 Å². The molecule has 0 unspecified atom stereocenters. The van der Waals surface area contributed by atoms with Crippen molar-refractivity contribution in [3.05, 3.63) is 22.7 Å². The van der Waals surface area contributed by atoms with Gasteiger partial charge in [0, 0.05) is 6.07 Å². The largest absolute Gasteiger partial charge is 0.507 e. The van der Waals surface area contributed by atoms with Crippen molar-refractivity contribution >= 4 is 40.6 Å². The number of nitrogens with zero attached hydrogens (tertiary/aromatic N) is 1. The van der Waals surface area contributed by atoms with Crippen LogP contribution in [0.4, 0.5) is 5.69 Å². The number of benzene rings is 1. The van der Waals surface area contributed by atoms with Gasteiger partial charge in [-0.3, -0.25) is 4.79 Å². The predicted molar refractivity (Wildman–Crippen MR) is 56.3 cm³/mol. The molecule has 0 radical (unpaired) electrons. The molecular formula is C8H5ClN2O2S. The van der Waals surface area contributed by atoms with Gasteiger partial charge in [-0.1, -0.05) is 11.6 Å². The number of hydrogen-bond acceptors (Lipinski definition) is 4. The molecule has 3 N–H and O–H groups in total. The third-order valence-electron chi connectivity index (χ3n) is 1.50. The normalized spacial score (nSPS) is 9.21. The van der Waals surface area contributed by atoms with Gasteiger partial charge >= 0.3 is 0 Å². The lowest BCUT2D eigenvalue weighted by Gasteiger charge is -2.02. The van der Waals surface area contributed by atoms with E-state index in [2.05, 4.69) is 22.4 Å². The van der Waals surface area contributed by atoms with E-state index in [9.17, 15) is 9.90 Å². The average molecular weight is 229 g/mol. The number of halogens is 1. The molecule has 0 aliphatic carbocycles. The number of thiocarbonyl (C=S) groups is 1. The summed E-state index contributed by atoms with van der Waals surface area (Å²) in [5.74, 6) is -1.05. The number of phenols is 1. The van der Waals surface area contributed by atoms with Crippen LogP contribution in [0.2, 0.25) is 5.02 Å². The molecule has 0 aromatic heterocycles. The summed E-state index contributed by atoms with van der Waals surface area (Å²) in [4.78, 5) is 14.4. The third-order valence-corrected chi connectivity index (χ3v) is 1.89. The smallest absolute Gasteiger partial charge is 0.252 e.